The lowest BCUT2D eigenvalue weighted by molar-refractivity contribution is 0.0777. The summed E-state index contributed by atoms with van der Waals surface area (Å²) in [4.78, 5) is 1.36. The molecule has 0 spiro atoms. The van der Waals surface area contributed by atoms with Crippen LogP contribution in [-0.4, -0.2) is 19.3 Å². The zero-order chi connectivity index (χ0) is 10.7. The number of ether oxygens (including phenoxy) is 1. The van der Waals surface area contributed by atoms with E-state index in [0.717, 1.165) is 37.1 Å². The van der Waals surface area contributed by atoms with E-state index < -0.39 is 0 Å². The van der Waals surface area contributed by atoms with Gasteiger partial charge in [-0.2, -0.15) is 0 Å². The molecule has 1 saturated heterocycles. The van der Waals surface area contributed by atoms with Crippen molar-refractivity contribution in [2.45, 2.75) is 25.4 Å². The van der Waals surface area contributed by atoms with Crippen molar-refractivity contribution < 1.29 is 4.74 Å². The van der Waals surface area contributed by atoms with Crippen LogP contribution in [0.25, 0.3) is 0 Å². The Balaban J connectivity index is 1.81. The Labute approximate surface area is 111 Å². The van der Waals surface area contributed by atoms with Crippen LogP contribution < -0.4 is 5.32 Å². The van der Waals surface area contributed by atoms with Crippen LogP contribution in [-0.2, 0) is 11.3 Å². The summed E-state index contributed by atoms with van der Waals surface area (Å²) >= 11 is 8.78. The summed E-state index contributed by atoms with van der Waals surface area (Å²) in [5.74, 6) is 0. The Morgan fingerprint density at radius 1 is 1.40 bits per heavy atom. The third-order valence-electron chi connectivity index (χ3n) is 2.48. The number of nitrogens with one attached hydrogen (secondary N) is 1. The Hall–Kier alpha value is 0.580. The summed E-state index contributed by atoms with van der Waals surface area (Å²) in [5.41, 5.74) is 0. The zero-order valence-electron chi connectivity index (χ0n) is 8.26. The van der Waals surface area contributed by atoms with Gasteiger partial charge in [-0.25, -0.2) is 0 Å². The van der Waals surface area contributed by atoms with Crippen LogP contribution in [0.1, 0.15) is 17.7 Å². The van der Waals surface area contributed by atoms with E-state index in [0.29, 0.717) is 6.04 Å². The van der Waals surface area contributed by atoms with Crippen LogP contribution in [0.4, 0.5) is 0 Å². The van der Waals surface area contributed by atoms with Crippen LogP contribution in [0.5, 0.6) is 0 Å². The lowest BCUT2D eigenvalue weighted by Crippen LogP contribution is -2.34. The van der Waals surface area contributed by atoms with Gasteiger partial charge in [0.15, 0.2) is 0 Å². The SMILES string of the molecule is Brc1cc(CNC2CCOCC2)sc1Br. The third-order valence-corrected chi connectivity index (χ3v) is 5.74. The molecule has 1 aliphatic rings. The molecule has 15 heavy (non-hydrogen) atoms. The summed E-state index contributed by atoms with van der Waals surface area (Å²) in [6.45, 7) is 2.75. The summed E-state index contributed by atoms with van der Waals surface area (Å²) in [7, 11) is 0. The van der Waals surface area contributed by atoms with Crippen LogP contribution in [0.2, 0.25) is 0 Å². The fraction of sp³-hybridized carbons (Fsp3) is 0.600. The normalized spacial score (nSPS) is 18.3. The molecule has 2 nitrogen and oxygen atoms in total. The molecular formula is C10H13Br2NOS. The molecule has 0 atom stereocenters. The first kappa shape index (κ1) is 12.0. The Morgan fingerprint density at radius 2 is 2.13 bits per heavy atom. The van der Waals surface area contributed by atoms with Crippen molar-refractivity contribution in [3.8, 4) is 0 Å². The molecular weight excluding hydrogens is 342 g/mol. The third kappa shape index (κ3) is 3.53. The van der Waals surface area contributed by atoms with Gasteiger partial charge in [0.05, 0.1) is 3.79 Å². The van der Waals surface area contributed by atoms with Gasteiger partial charge in [-0.1, -0.05) is 0 Å². The minimum Gasteiger partial charge on any atom is -0.381 e. The molecule has 0 bridgehead atoms. The molecule has 0 aliphatic carbocycles. The first-order valence-corrected chi connectivity index (χ1v) is 7.41. The second kappa shape index (κ2) is 5.77. The van der Waals surface area contributed by atoms with Gasteiger partial charge >= 0.3 is 0 Å². The van der Waals surface area contributed by atoms with Gasteiger partial charge in [-0.3, -0.25) is 0 Å². The summed E-state index contributed by atoms with van der Waals surface area (Å²) in [5, 5.41) is 3.57. The maximum absolute atomic E-state index is 5.32. The molecule has 2 rings (SSSR count). The Bertz CT molecular complexity index is 304. The van der Waals surface area contributed by atoms with Crippen molar-refractivity contribution in [3.63, 3.8) is 0 Å². The van der Waals surface area contributed by atoms with E-state index in [-0.39, 0.29) is 0 Å². The molecule has 0 saturated carbocycles. The van der Waals surface area contributed by atoms with Crippen LogP contribution in [0.3, 0.4) is 0 Å². The van der Waals surface area contributed by atoms with E-state index in [1.807, 2.05) is 0 Å². The number of halogens is 2. The maximum atomic E-state index is 5.32. The average Bonchev–Trinajstić information content (AvgIpc) is 2.57. The summed E-state index contributed by atoms with van der Waals surface area (Å²) in [6.07, 6.45) is 2.27. The predicted molar refractivity (Wildman–Crippen MR) is 70.4 cm³/mol. The Morgan fingerprint density at radius 3 is 2.73 bits per heavy atom. The highest BCUT2D eigenvalue weighted by Gasteiger charge is 2.13. The van der Waals surface area contributed by atoms with Crippen LogP contribution >= 0.6 is 43.2 Å². The smallest absolute Gasteiger partial charge is 0.0843 e. The van der Waals surface area contributed by atoms with Gasteiger partial charge in [0.2, 0.25) is 0 Å². The monoisotopic (exact) mass is 353 g/mol. The highest BCUT2D eigenvalue weighted by Crippen LogP contribution is 2.32. The minimum atomic E-state index is 0.624. The number of hydrogen-bond acceptors (Lipinski definition) is 3. The van der Waals surface area contributed by atoms with E-state index in [4.69, 9.17) is 4.74 Å². The first-order valence-electron chi connectivity index (χ1n) is 5.00. The van der Waals surface area contributed by atoms with Crippen molar-refractivity contribution in [2.24, 2.45) is 0 Å². The van der Waals surface area contributed by atoms with Crippen LogP contribution in [0.15, 0.2) is 14.3 Å². The Kier molecular flexibility index (Phi) is 4.64. The largest absolute Gasteiger partial charge is 0.381 e. The molecule has 1 aliphatic heterocycles. The van der Waals surface area contributed by atoms with Crippen molar-refractivity contribution in [3.05, 3.63) is 19.2 Å². The van der Waals surface area contributed by atoms with Crippen molar-refractivity contribution in [1.29, 1.82) is 0 Å². The molecule has 0 aromatic carbocycles. The molecule has 1 fully saturated rings. The molecule has 0 amide bonds. The first-order chi connectivity index (χ1) is 7.25. The average molecular weight is 355 g/mol. The molecule has 1 aromatic heterocycles. The van der Waals surface area contributed by atoms with E-state index in [2.05, 4.69) is 43.2 Å². The van der Waals surface area contributed by atoms with Gasteiger partial charge in [-0.15, -0.1) is 11.3 Å². The van der Waals surface area contributed by atoms with Crippen molar-refractivity contribution >= 4 is 43.2 Å². The van der Waals surface area contributed by atoms with E-state index in [9.17, 15) is 0 Å². The van der Waals surface area contributed by atoms with Crippen LogP contribution in [0, 0.1) is 0 Å². The molecule has 5 heteroatoms. The molecule has 84 valence electrons. The topological polar surface area (TPSA) is 21.3 Å². The number of hydrogen-bond donors (Lipinski definition) is 1. The van der Waals surface area contributed by atoms with Gasteiger partial charge < -0.3 is 10.1 Å². The van der Waals surface area contributed by atoms with Gasteiger partial charge in [0.1, 0.15) is 0 Å². The zero-order valence-corrected chi connectivity index (χ0v) is 12.3. The quantitative estimate of drug-likeness (QED) is 0.896. The fourth-order valence-corrected chi connectivity index (χ4v) is 3.75. The number of thiophene rings is 1. The van der Waals surface area contributed by atoms with Gasteiger partial charge in [0, 0.05) is 35.2 Å². The molecule has 0 radical (unpaired) electrons. The fourth-order valence-electron chi connectivity index (χ4n) is 1.63. The number of rotatable bonds is 3. The second-order valence-electron chi connectivity index (χ2n) is 3.60. The summed E-state index contributed by atoms with van der Waals surface area (Å²) in [6, 6.07) is 2.79. The summed E-state index contributed by atoms with van der Waals surface area (Å²) < 4.78 is 7.64. The maximum Gasteiger partial charge on any atom is 0.0843 e. The molecule has 2 heterocycles. The lowest BCUT2D eigenvalue weighted by Gasteiger charge is -2.22. The van der Waals surface area contributed by atoms with Gasteiger partial charge in [-0.05, 0) is 50.8 Å². The lowest BCUT2D eigenvalue weighted by atomic mass is 10.1. The minimum absolute atomic E-state index is 0.624. The highest BCUT2D eigenvalue weighted by molar-refractivity contribution is 9.13. The standard InChI is InChI=1S/C10H13Br2NOS/c11-9-5-8(15-10(9)12)6-13-7-1-3-14-4-2-7/h5,7,13H,1-4,6H2. The van der Waals surface area contributed by atoms with E-state index in [1.54, 1.807) is 11.3 Å². The highest BCUT2D eigenvalue weighted by atomic mass is 79.9. The van der Waals surface area contributed by atoms with E-state index >= 15 is 0 Å². The second-order valence-corrected chi connectivity index (χ2v) is 6.91. The van der Waals surface area contributed by atoms with E-state index in [1.165, 1.54) is 8.66 Å². The predicted octanol–water partition coefficient (Wildman–Crippen LogP) is 3.54. The molecule has 1 N–H and O–H groups in total. The van der Waals surface area contributed by atoms with Crippen molar-refractivity contribution in [1.82, 2.24) is 5.32 Å². The molecule has 1 aromatic rings. The molecule has 0 unspecified atom stereocenters. The van der Waals surface area contributed by atoms with Gasteiger partial charge in [0.25, 0.3) is 0 Å². The van der Waals surface area contributed by atoms with Crippen molar-refractivity contribution in [2.75, 3.05) is 13.2 Å².